The molecule has 0 heterocycles. The molecular weight excluding hydrogens is 178 g/mol. The van der Waals surface area contributed by atoms with Crippen molar-refractivity contribution < 1.29 is 0 Å². The lowest BCUT2D eigenvalue weighted by Crippen LogP contribution is -2.11. The molecule has 0 radical (unpaired) electrons. The van der Waals surface area contributed by atoms with Crippen LogP contribution in [0.3, 0.4) is 0 Å². The minimum Gasteiger partial charge on any atom is -0.324 e. The molecule has 0 saturated heterocycles. The van der Waals surface area contributed by atoms with Gasteiger partial charge in [0.25, 0.3) is 0 Å². The van der Waals surface area contributed by atoms with Gasteiger partial charge in [-0.15, -0.1) is 11.8 Å². The number of hydrogen-bond acceptors (Lipinski definition) is 2. The van der Waals surface area contributed by atoms with Crippen LogP contribution in [0.1, 0.15) is 24.4 Å². The van der Waals surface area contributed by atoms with Crippen molar-refractivity contribution in [2.75, 3.05) is 6.26 Å². The molecule has 0 aromatic heterocycles. The predicted molar refractivity (Wildman–Crippen MR) is 57.9 cm³/mol. The van der Waals surface area contributed by atoms with Crippen molar-refractivity contribution in [1.29, 1.82) is 0 Å². The van der Waals surface area contributed by atoms with Crippen LogP contribution in [0.5, 0.6) is 0 Å². The molecule has 0 bridgehead atoms. The maximum Gasteiger partial charge on any atom is 0.0323 e. The molecule has 1 aliphatic carbocycles. The van der Waals surface area contributed by atoms with Gasteiger partial charge in [0.15, 0.2) is 0 Å². The zero-order valence-corrected chi connectivity index (χ0v) is 8.68. The first-order valence-corrected chi connectivity index (χ1v) is 5.93. The Balaban J connectivity index is 2.11. The number of rotatable bonds is 3. The fourth-order valence-electron chi connectivity index (χ4n) is 1.55. The van der Waals surface area contributed by atoms with Gasteiger partial charge in [0.1, 0.15) is 0 Å². The van der Waals surface area contributed by atoms with Gasteiger partial charge in [-0.2, -0.15) is 0 Å². The Morgan fingerprint density at radius 3 is 2.38 bits per heavy atom. The van der Waals surface area contributed by atoms with E-state index in [0.29, 0.717) is 0 Å². The predicted octanol–water partition coefficient (Wildman–Crippen LogP) is 2.82. The van der Waals surface area contributed by atoms with E-state index in [1.54, 1.807) is 11.8 Å². The Labute approximate surface area is 83.7 Å². The van der Waals surface area contributed by atoms with Crippen molar-refractivity contribution in [1.82, 2.24) is 0 Å². The van der Waals surface area contributed by atoms with Gasteiger partial charge in [-0.1, -0.05) is 12.1 Å². The Morgan fingerprint density at radius 2 is 1.92 bits per heavy atom. The van der Waals surface area contributed by atoms with E-state index in [1.807, 2.05) is 0 Å². The number of hydrogen-bond donors (Lipinski definition) is 1. The van der Waals surface area contributed by atoms with E-state index in [4.69, 9.17) is 5.73 Å². The van der Waals surface area contributed by atoms with Gasteiger partial charge in [0, 0.05) is 10.9 Å². The SMILES string of the molecule is CSc1ccc([C@@H](N)C2CC2)cc1. The zero-order chi connectivity index (χ0) is 9.26. The number of benzene rings is 1. The average Bonchev–Trinajstić information content (AvgIpc) is 3.00. The van der Waals surface area contributed by atoms with Crippen LogP contribution in [-0.2, 0) is 0 Å². The van der Waals surface area contributed by atoms with Gasteiger partial charge < -0.3 is 5.73 Å². The van der Waals surface area contributed by atoms with E-state index < -0.39 is 0 Å². The molecule has 1 aromatic carbocycles. The van der Waals surface area contributed by atoms with Gasteiger partial charge in [-0.25, -0.2) is 0 Å². The van der Waals surface area contributed by atoms with Gasteiger partial charge in [-0.3, -0.25) is 0 Å². The van der Waals surface area contributed by atoms with E-state index >= 15 is 0 Å². The molecule has 0 aliphatic heterocycles. The van der Waals surface area contributed by atoms with Crippen LogP contribution in [0.15, 0.2) is 29.2 Å². The minimum absolute atomic E-state index is 0.274. The number of nitrogens with two attached hydrogens (primary N) is 1. The quantitative estimate of drug-likeness (QED) is 0.747. The second-order valence-corrected chi connectivity index (χ2v) is 4.52. The Morgan fingerprint density at radius 1 is 1.31 bits per heavy atom. The summed E-state index contributed by atoms with van der Waals surface area (Å²) in [6, 6.07) is 8.91. The van der Waals surface area contributed by atoms with Crippen LogP contribution in [0.25, 0.3) is 0 Å². The molecule has 1 aromatic rings. The van der Waals surface area contributed by atoms with Crippen molar-refractivity contribution in [2.45, 2.75) is 23.8 Å². The Hall–Kier alpha value is -0.470. The average molecular weight is 193 g/mol. The highest BCUT2D eigenvalue weighted by Crippen LogP contribution is 2.39. The van der Waals surface area contributed by atoms with E-state index in [2.05, 4.69) is 30.5 Å². The molecule has 2 rings (SSSR count). The van der Waals surface area contributed by atoms with Crippen LogP contribution in [0.4, 0.5) is 0 Å². The lowest BCUT2D eigenvalue weighted by Gasteiger charge is -2.10. The normalized spacial score (nSPS) is 18.6. The lowest BCUT2D eigenvalue weighted by molar-refractivity contribution is 0.633. The number of thioether (sulfide) groups is 1. The van der Waals surface area contributed by atoms with Gasteiger partial charge in [-0.05, 0) is 42.7 Å². The summed E-state index contributed by atoms with van der Waals surface area (Å²) in [6.07, 6.45) is 4.71. The molecule has 1 nitrogen and oxygen atoms in total. The highest BCUT2D eigenvalue weighted by Gasteiger charge is 2.29. The molecule has 1 atom stereocenters. The van der Waals surface area contributed by atoms with E-state index in [0.717, 1.165) is 5.92 Å². The first-order valence-electron chi connectivity index (χ1n) is 4.71. The molecule has 0 amide bonds. The maximum atomic E-state index is 6.09. The first-order chi connectivity index (χ1) is 6.31. The van der Waals surface area contributed by atoms with Crippen LogP contribution < -0.4 is 5.73 Å². The molecular formula is C11H15NS. The smallest absolute Gasteiger partial charge is 0.0323 e. The topological polar surface area (TPSA) is 26.0 Å². The van der Waals surface area contributed by atoms with Crippen LogP contribution in [0, 0.1) is 5.92 Å². The van der Waals surface area contributed by atoms with Crippen molar-refractivity contribution in [2.24, 2.45) is 11.7 Å². The standard InChI is InChI=1S/C11H15NS/c1-13-10-6-4-9(5-7-10)11(12)8-2-3-8/h4-8,11H,2-3,12H2,1H3/t11-/m0/s1. The molecule has 1 fully saturated rings. The van der Waals surface area contributed by atoms with Crippen LogP contribution >= 0.6 is 11.8 Å². The third-order valence-electron chi connectivity index (χ3n) is 2.63. The van der Waals surface area contributed by atoms with Gasteiger partial charge in [0.2, 0.25) is 0 Å². The third-order valence-corrected chi connectivity index (χ3v) is 3.37. The lowest BCUT2D eigenvalue weighted by atomic mass is 10.0. The molecule has 2 N–H and O–H groups in total. The van der Waals surface area contributed by atoms with Crippen molar-refractivity contribution in [3.63, 3.8) is 0 Å². The summed E-state index contributed by atoms with van der Waals surface area (Å²) in [5.74, 6) is 0.750. The Kier molecular flexibility index (Phi) is 2.61. The summed E-state index contributed by atoms with van der Waals surface area (Å²) >= 11 is 1.77. The molecule has 13 heavy (non-hydrogen) atoms. The summed E-state index contributed by atoms with van der Waals surface area (Å²) in [5, 5.41) is 0. The highest BCUT2D eigenvalue weighted by molar-refractivity contribution is 7.98. The van der Waals surface area contributed by atoms with E-state index in [9.17, 15) is 0 Å². The maximum absolute atomic E-state index is 6.09. The molecule has 0 unspecified atom stereocenters. The van der Waals surface area contributed by atoms with E-state index in [-0.39, 0.29) is 6.04 Å². The van der Waals surface area contributed by atoms with Crippen LogP contribution in [0.2, 0.25) is 0 Å². The third kappa shape index (κ3) is 2.06. The molecule has 2 heteroatoms. The fraction of sp³-hybridized carbons (Fsp3) is 0.455. The molecule has 1 aliphatic rings. The summed E-state index contributed by atoms with van der Waals surface area (Å²) in [7, 11) is 0. The second-order valence-electron chi connectivity index (χ2n) is 3.64. The van der Waals surface area contributed by atoms with E-state index in [1.165, 1.54) is 23.3 Å². The molecule has 1 saturated carbocycles. The molecule has 0 spiro atoms. The summed E-state index contributed by atoms with van der Waals surface area (Å²) in [6.45, 7) is 0. The van der Waals surface area contributed by atoms with Crippen LogP contribution in [-0.4, -0.2) is 6.26 Å². The first kappa shape index (κ1) is 9.10. The second kappa shape index (κ2) is 3.72. The van der Waals surface area contributed by atoms with Gasteiger partial charge in [0.05, 0.1) is 0 Å². The highest BCUT2D eigenvalue weighted by atomic mass is 32.2. The largest absolute Gasteiger partial charge is 0.324 e. The summed E-state index contributed by atoms with van der Waals surface area (Å²) < 4.78 is 0. The Bertz CT molecular complexity index is 277. The van der Waals surface area contributed by atoms with Crippen molar-refractivity contribution in [3.8, 4) is 0 Å². The molecule has 70 valence electrons. The van der Waals surface area contributed by atoms with Crippen molar-refractivity contribution >= 4 is 11.8 Å². The monoisotopic (exact) mass is 193 g/mol. The minimum atomic E-state index is 0.274. The van der Waals surface area contributed by atoms with Gasteiger partial charge >= 0.3 is 0 Å². The van der Waals surface area contributed by atoms with Crippen molar-refractivity contribution in [3.05, 3.63) is 29.8 Å². The zero-order valence-electron chi connectivity index (χ0n) is 7.86. The fourth-order valence-corrected chi connectivity index (χ4v) is 1.96. The summed E-state index contributed by atoms with van der Waals surface area (Å²) in [5.41, 5.74) is 7.38. The summed E-state index contributed by atoms with van der Waals surface area (Å²) in [4.78, 5) is 1.31.